The van der Waals surface area contributed by atoms with Crippen LogP contribution in [-0.2, 0) is 11.8 Å². The van der Waals surface area contributed by atoms with Gasteiger partial charge in [0.05, 0.1) is 5.69 Å². The second-order valence-electron chi connectivity index (χ2n) is 4.84. The number of nitrogens with zero attached hydrogens (tertiary/aromatic N) is 3. The molecular weight excluding hydrogens is 246 g/mol. The van der Waals surface area contributed by atoms with Crippen LogP contribution in [0.4, 0.5) is 0 Å². The summed E-state index contributed by atoms with van der Waals surface area (Å²) in [5.41, 5.74) is 6.49. The van der Waals surface area contributed by atoms with Gasteiger partial charge in [0.1, 0.15) is 12.2 Å². The molecule has 2 amide bonds. The van der Waals surface area contributed by atoms with Crippen molar-refractivity contribution >= 4 is 11.8 Å². The molecule has 1 atom stereocenters. The van der Waals surface area contributed by atoms with E-state index in [0.29, 0.717) is 12.2 Å². The third-order valence-electron chi connectivity index (χ3n) is 3.28. The van der Waals surface area contributed by atoms with E-state index < -0.39 is 5.91 Å². The average Bonchev–Trinajstić information content (AvgIpc) is 2.94. The van der Waals surface area contributed by atoms with E-state index in [-0.39, 0.29) is 18.5 Å². The van der Waals surface area contributed by atoms with Crippen molar-refractivity contribution in [2.45, 2.75) is 19.4 Å². The first-order valence-electron chi connectivity index (χ1n) is 6.29. The van der Waals surface area contributed by atoms with E-state index in [4.69, 9.17) is 5.73 Å². The highest BCUT2D eigenvalue weighted by Crippen LogP contribution is 2.13. The summed E-state index contributed by atoms with van der Waals surface area (Å²) in [4.78, 5) is 25.2. The van der Waals surface area contributed by atoms with Crippen LogP contribution in [0.15, 0.2) is 6.07 Å². The molecule has 1 unspecified atom stereocenters. The number of hydrogen-bond acceptors (Lipinski definition) is 4. The second kappa shape index (κ2) is 5.40. The fraction of sp³-hybridized carbons (Fsp3) is 0.583. The second-order valence-corrected chi connectivity index (χ2v) is 4.84. The van der Waals surface area contributed by atoms with Crippen molar-refractivity contribution in [3.05, 3.63) is 17.5 Å². The Bertz CT molecular complexity index is 490. The van der Waals surface area contributed by atoms with Gasteiger partial charge in [0.25, 0.3) is 5.91 Å². The molecule has 1 fully saturated rings. The predicted molar refractivity (Wildman–Crippen MR) is 69.5 cm³/mol. The summed E-state index contributed by atoms with van der Waals surface area (Å²) in [6.07, 6.45) is 0.829. The maximum absolute atomic E-state index is 12.5. The van der Waals surface area contributed by atoms with Crippen LogP contribution in [0.2, 0.25) is 0 Å². The molecule has 0 saturated carbocycles. The molecule has 1 aromatic heterocycles. The first kappa shape index (κ1) is 13.5. The van der Waals surface area contributed by atoms with Crippen LogP contribution in [-0.4, -0.2) is 52.2 Å². The number of aromatic nitrogens is 2. The van der Waals surface area contributed by atoms with Crippen LogP contribution in [0.5, 0.6) is 0 Å². The molecule has 2 heterocycles. The lowest BCUT2D eigenvalue weighted by atomic mass is 10.2. The Morgan fingerprint density at radius 3 is 2.84 bits per heavy atom. The molecule has 0 aromatic carbocycles. The predicted octanol–water partition coefficient (Wildman–Crippen LogP) is -0.982. The van der Waals surface area contributed by atoms with E-state index in [1.807, 2.05) is 6.92 Å². The maximum atomic E-state index is 12.5. The summed E-state index contributed by atoms with van der Waals surface area (Å²) in [5, 5.41) is 7.34. The maximum Gasteiger partial charge on any atom is 0.272 e. The van der Waals surface area contributed by atoms with Crippen LogP contribution in [0, 0.1) is 6.92 Å². The van der Waals surface area contributed by atoms with Crippen molar-refractivity contribution in [1.82, 2.24) is 20.0 Å². The van der Waals surface area contributed by atoms with E-state index in [0.717, 1.165) is 18.7 Å². The normalized spacial score (nSPS) is 18.5. The molecule has 0 radical (unpaired) electrons. The van der Waals surface area contributed by atoms with Crippen molar-refractivity contribution in [3.8, 4) is 0 Å². The number of amides is 2. The van der Waals surface area contributed by atoms with Crippen molar-refractivity contribution < 1.29 is 9.59 Å². The third-order valence-corrected chi connectivity index (χ3v) is 3.28. The van der Waals surface area contributed by atoms with Gasteiger partial charge >= 0.3 is 0 Å². The molecule has 3 N–H and O–H groups in total. The fourth-order valence-corrected chi connectivity index (χ4v) is 2.40. The molecular formula is C12H19N5O2. The highest BCUT2D eigenvalue weighted by atomic mass is 16.2. The molecule has 0 bridgehead atoms. The monoisotopic (exact) mass is 265 g/mol. The molecule has 1 saturated heterocycles. The molecule has 1 aliphatic rings. The summed E-state index contributed by atoms with van der Waals surface area (Å²) in [6.45, 7) is 3.30. The summed E-state index contributed by atoms with van der Waals surface area (Å²) in [6, 6.07) is 1.73. The Kier molecular flexibility index (Phi) is 3.84. The number of carbonyl (C=O) groups excluding carboxylic acids is 2. The largest absolute Gasteiger partial charge is 0.368 e. The Labute approximate surface area is 111 Å². The number of hydrogen-bond donors (Lipinski definition) is 2. The topological polar surface area (TPSA) is 93.2 Å². The van der Waals surface area contributed by atoms with Crippen molar-refractivity contribution in [2.24, 2.45) is 12.8 Å². The van der Waals surface area contributed by atoms with E-state index in [9.17, 15) is 9.59 Å². The molecule has 1 aliphatic heterocycles. The summed E-state index contributed by atoms with van der Waals surface area (Å²) in [7, 11) is 1.72. The molecule has 0 aliphatic carbocycles. The quantitative estimate of drug-likeness (QED) is 0.731. The van der Waals surface area contributed by atoms with Crippen LogP contribution < -0.4 is 11.1 Å². The molecule has 7 heteroatoms. The van der Waals surface area contributed by atoms with Gasteiger partial charge in [0, 0.05) is 19.6 Å². The van der Waals surface area contributed by atoms with Gasteiger partial charge in [-0.2, -0.15) is 5.10 Å². The zero-order valence-corrected chi connectivity index (χ0v) is 11.2. The van der Waals surface area contributed by atoms with Crippen LogP contribution in [0.25, 0.3) is 0 Å². The lowest BCUT2D eigenvalue weighted by Gasteiger charge is -2.27. The molecule has 7 nitrogen and oxygen atoms in total. The summed E-state index contributed by atoms with van der Waals surface area (Å²) < 4.78 is 1.54. The SMILES string of the molecule is Cc1cc(C(=O)N(CC(N)=O)C2CCNC2)n(C)n1. The van der Waals surface area contributed by atoms with Crippen LogP contribution >= 0.6 is 0 Å². The Hall–Kier alpha value is -1.89. The average molecular weight is 265 g/mol. The van der Waals surface area contributed by atoms with Gasteiger partial charge < -0.3 is 16.0 Å². The van der Waals surface area contributed by atoms with Gasteiger partial charge in [-0.25, -0.2) is 0 Å². The van der Waals surface area contributed by atoms with Gasteiger partial charge in [-0.05, 0) is 26.0 Å². The van der Waals surface area contributed by atoms with Gasteiger partial charge in [-0.1, -0.05) is 0 Å². The molecule has 19 heavy (non-hydrogen) atoms. The third kappa shape index (κ3) is 2.93. The minimum absolute atomic E-state index is 0.00945. The lowest BCUT2D eigenvalue weighted by molar-refractivity contribution is -0.119. The Morgan fingerprint density at radius 1 is 1.63 bits per heavy atom. The van der Waals surface area contributed by atoms with Crippen LogP contribution in [0.1, 0.15) is 22.6 Å². The van der Waals surface area contributed by atoms with Crippen molar-refractivity contribution in [2.75, 3.05) is 19.6 Å². The van der Waals surface area contributed by atoms with Crippen molar-refractivity contribution in [1.29, 1.82) is 0 Å². The fourth-order valence-electron chi connectivity index (χ4n) is 2.40. The minimum atomic E-state index is -0.501. The molecule has 104 valence electrons. The number of rotatable bonds is 4. The first-order valence-corrected chi connectivity index (χ1v) is 6.29. The highest BCUT2D eigenvalue weighted by molar-refractivity contribution is 5.95. The van der Waals surface area contributed by atoms with Gasteiger partial charge in [0.15, 0.2) is 0 Å². The zero-order chi connectivity index (χ0) is 14.0. The van der Waals surface area contributed by atoms with Gasteiger partial charge in [-0.15, -0.1) is 0 Å². The Balaban J connectivity index is 2.24. The number of nitrogens with one attached hydrogen (secondary N) is 1. The molecule has 0 spiro atoms. The van der Waals surface area contributed by atoms with Gasteiger partial charge in [0.2, 0.25) is 5.91 Å². The summed E-state index contributed by atoms with van der Waals surface area (Å²) in [5.74, 6) is -0.699. The Morgan fingerprint density at radius 2 is 2.37 bits per heavy atom. The summed E-state index contributed by atoms with van der Waals surface area (Å²) >= 11 is 0. The van der Waals surface area contributed by atoms with Gasteiger partial charge in [-0.3, -0.25) is 14.3 Å². The smallest absolute Gasteiger partial charge is 0.272 e. The standard InChI is InChI=1S/C12H19N5O2/c1-8-5-10(16(2)15-8)12(19)17(7-11(13)18)9-3-4-14-6-9/h5,9,14H,3-4,6-7H2,1-2H3,(H2,13,18). The van der Waals surface area contributed by atoms with E-state index >= 15 is 0 Å². The van der Waals surface area contributed by atoms with Crippen LogP contribution in [0.3, 0.4) is 0 Å². The highest BCUT2D eigenvalue weighted by Gasteiger charge is 2.29. The molecule has 1 aromatic rings. The van der Waals surface area contributed by atoms with E-state index in [1.54, 1.807) is 18.0 Å². The lowest BCUT2D eigenvalue weighted by Crippen LogP contribution is -2.46. The number of primary amides is 1. The van der Waals surface area contributed by atoms with Crippen molar-refractivity contribution in [3.63, 3.8) is 0 Å². The molecule has 2 rings (SSSR count). The van der Waals surface area contributed by atoms with E-state index in [1.165, 1.54) is 4.68 Å². The zero-order valence-electron chi connectivity index (χ0n) is 11.2. The minimum Gasteiger partial charge on any atom is -0.368 e. The number of carbonyl (C=O) groups is 2. The van der Waals surface area contributed by atoms with E-state index in [2.05, 4.69) is 10.4 Å². The number of aryl methyl sites for hydroxylation is 2. The first-order chi connectivity index (χ1) is 8.99. The number of nitrogens with two attached hydrogens (primary N) is 1.